The van der Waals surface area contributed by atoms with Gasteiger partial charge in [0.1, 0.15) is 6.61 Å². The van der Waals surface area contributed by atoms with Crippen molar-refractivity contribution in [1.82, 2.24) is 0 Å². The van der Waals surface area contributed by atoms with E-state index in [1.54, 1.807) is 0 Å². The highest BCUT2D eigenvalue weighted by molar-refractivity contribution is 5.28. The lowest BCUT2D eigenvalue weighted by molar-refractivity contribution is 0.235. The molecule has 0 aromatic carbocycles. The lowest BCUT2D eigenvalue weighted by atomic mass is 10.2. The van der Waals surface area contributed by atoms with E-state index in [2.05, 4.69) is 12.2 Å². The van der Waals surface area contributed by atoms with Crippen molar-refractivity contribution in [3.63, 3.8) is 0 Å². The Morgan fingerprint density at radius 1 is 1.33 bits per heavy atom. The molecular weight excluding hydrogens is 112 g/mol. The average molecular weight is 122 g/mol. The van der Waals surface area contributed by atoms with Crippen molar-refractivity contribution < 1.29 is 4.74 Å². The third-order valence-corrected chi connectivity index (χ3v) is 1.88. The molecule has 0 saturated heterocycles. The van der Waals surface area contributed by atoms with Crippen LogP contribution in [0.15, 0.2) is 23.5 Å². The smallest absolute Gasteiger partial charge is 0.106 e. The molecular formula is C8H10O. The maximum Gasteiger partial charge on any atom is 0.106 e. The number of ether oxygens (including phenoxy) is 1. The minimum Gasteiger partial charge on any atom is -0.494 e. The van der Waals surface area contributed by atoms with Gasteiger partial charge in [0.05, 0.1) is 5.76 Å². The van der Waals surface area contributed by atoms with E-state index in [0.717, 1.165) is 6.61 Å². The third kappa shape index (κ3) is 0.766. The Hall–Kier alpha value is -0.720. The molecule has 0 unspecified atom stereocenters. The van der Waals surface area contributed by atoms with Crippen LogP contribution < -0.4 is 0 Å². The summed E-state index contributed by atoms with van der Waals surface area (Å²) in [5, 5.41) is 0. The van der Waals surface area contributed by atoms with Gasteiger partial charge in [-0.15, -0.1) is 0 Å². The van der Waals surface area contributed by atoms with Gasteiger partial charge in [0, 0.05) is 6.42 Å². The lowest BCUT2D eigenvalue weighted by Crippen LogP contribution is -1.95. The van der Waals surface area contributed by atoms with E-state index < -0.39 is 0 Å². The SMILES string of the molecule is C1=CC2=C(CCC2)OC1. The Morgan fingerprint density at radius 3 is 3.22 bits per heavy atom. The van der Waals surface area contributed by atoms with E-state index >= 15 is 0 Å². The standard InChI is InChI=1S/C8H10O/c1-3-7-4-2-6-9-8(7)5-1/h2,4H,1,3,5-6H2. The number of hydrogen-bond acceptors (Lipinski definition) is 1. The minimum absolute atomic E-state index is 0.791. The fourth-order valence-corrected chi connectivity index (χ4v) is 1.42. The fourth-order valence-electron chi connectivity index (χ4n) is 1.42. The van der Waals surface area contributed by atoms with E-state index in [4.69, 9.17) is 4.74 Å². The average Bonchev–Trinajstić information content (AvgIpc) is 2.33. The van der Waals surface area contributed by atoms with Crippen LogP contribution in [0.4, 0.5) is 0 Å². The molecule has 1 heteroatoms. The summed E-state index contributed by atoms with van der Waals surface area (Å²) in [4.78, 5) is 0. The molecule has 0 aromatic rings. The molecule has 0 atom stereocenters. The first-order valence-corrected chi connectivity index (χ1v) is 3.48. The maximum absolute atomic E-state index is 5.39. The fraction of sp³-hybridized carbons (Fsp3) is 0.500. The molecule has 1 aliphatic carbocycles. The molecule has 48 valence electrons. The molecule has 0 fully saturated rings. The van der Waals surface area contributed by atoms with Gasteiger partial charge in [-0.05, 0) is 24.5 Å². The molecule has 0 radical (unpaired) electrons. The minimum atomic E-state index is 0.791. The van der Waals surface area contributed by atoms with Crippen LogP contribution in [-0.4, -0.2) is 6.61 Å². The van der Waals surface area contributed by atoms with Gasteiger partial charge in [0.2, 0.25) is 0 Å². The molecule has 0 amide bonds. The molecule has 9 heavy (non-hydrogen) atoms. The van der Waals surface area contributed by atoms with Crippen LogP contribution in [0.25, 0.3) is 0 Å². The largest absolute Gasteiger partial charge is 0.494 e. The van der Waals surface area contributed by atoms with Crippen molar-refractivity contribution in [1.29, 1.82) is 0 Å². The first kappa shape index (κ1) is 5.10. The van der Waals surface area contributed by atoms with E-state index in [9.17, 15) is 0 Å². The van der Waals surface area contributed by atoms with Gasteiger partial charge < -0.3 is 4.74 Å². The summed E-state index contributed by atoms with van der Waals surface area (Å²) < 4.78 is 5.39. The van der Waals surface area contributed by atoms with Crippen LogP contribution in [0.2, 0.25) is 0 Å². The van der Waals surface area contributed by atoms with Gasteiger partial charge in [-0.1, -0.05) is 6.08 Å². The van der Waals surface area contributed by atoms with Crippen molar-refractivity contribution in [2.45, 2.75) is 19.3 Å². The predicted molar refractivity (Wildman–Crippen MR) is 36.0 cm³/mol. The number of allylic oxidation sites excluding steroid dienone is 3. The summed E-state index contributed by atoms with van der Waals surface area (Å²) in [5.41, 5.74) is 1.43. The van der Waals surface area contributed by atoms with E-state index in [0.29, 0.717) is 0 Å². The van der Waals surface area contributed by atoms with Gasteiger partial charge in [-0.3, -0.25) is 0 Å². The van der Waals surface area contributed by atoms with Crippen molar-refractivity contribution in [2.75, 3.05) is 6.61 Å². The summed E-state index contributed by atoms with van der Waals surface area (Å²) in [5.74, 6) is 1.25. The first-order valence-electron chi connectivity index (χ1n) is 3.48. The molecule has 0 saturated carbocycles. The highest BCUT2D eigenvalue weighted by Gasteiger charge is 2.14. The molecule has 0 spiro atoms. The zero-order chi connectivity index (χ0) is 6.10. The van der Waals surface area contributed by atoms with Crippen LogP contribution in [0.5, 0.6) is 0 Å². The molecule has 1 aliphatic heterocycles. The Bertz CT molecular complexity index is 177. The highest BCUT2D eigenvalue weighted by Crippen LogP contribution is 2.29. The van der Waals surface area contributed by atoms with E-state index in [1.807, 2.05) is 0 Å². The second-order valence-corrected chi connectivity index (χ2v) is 2.52. The maximum atomic E-state index is 5.39. The predicted octanol–water partition coefficient (Wildman–Crippen LogP) is 2.01. The van der Waals surface area contributed by atoms with E-state index in [1.165, 1.54) is 30.6 Å². The van der Waals surface area contributed by atoms with Gasteiger partial charge in [-0.25, -0.2) is 0 Å². The summed E-state index contributed by atoms with van der Waals surface area (Å²) in [6.45, 7) is 0.791. The van der Waals surface area contributed by atoms with Crippen molar-refractivity contribution >= 4 is 0 Å². The molecule has 0 N–H and O–H groups in total. The second-order valence-electron chi connectivity index (χ2n) is 2.52. The Morgan fingerprint density at radius 2 is 2.33 bits per heavy atom. The van der Waals surface area contributed by atoms with Crippen LogP contribution in [-0.2, 0) is 4.74 Å². The van der Waals surface area contributed by atoms with Gasteiger partial charge >= 0.3 is 0 Å². The normalized spacial score (nSPS) is 24.0. The monoisotopic (exact) mass is 122 g/mol. The Balaban J connectivity index is 2.28. The highest BCUT2D eigenvalue weighted by atomic mass is 16.5. The quantitative estimate of drug-likeness (QED) is 0.477. The summed E-state index contributed by atoms with van der Waals surface area (Å²) >= 11 is 0. The van der Waals surface area contributed by atoms with Crippen LogP contribution in [0, 0.1) is 0 Å². The second kappa shape index (κ2) is 1.90. The van der Waals surface area contributed by atoms with Gasteiger partial charge in [0.15, 0.2) is 0 Å². The Labute approximate surface area is 55.0 Å². The lowest BCUT2D eigenvalue weighted by Gasteiger charge is -2.09. The number of rotatable bonds is 0. The molecule has 2 rings (SSSR count). The molecule has 1 nitrogen and oxygen atoms in total. The third-order valence-electron chi connectivity index (χ3n) is 1.88. The van der Waals surface area contributed by atoms with Crippen molar-refractivity contribution in [2.24, 2.45) is 0 Å². The Kier molecular flexibility index (Phi) is 1.08. The molecule has 2 aliphatic rings. The zero-order valence-corrected chi connectivity index (χ0v) is 5.39. The van der Waals surface area contributed by atoms with Crippen molar-refractivity contribution in [3.05, 3.63) is 23.5 Å². The van der Waals surface area contributed by atoms with Crippen LogP contribution >= 0.6 is 0 Å². The topological polar surface area (TPSA) is 9.23 Å². The van der Waals surface area contributed by atoms with Crippen molar-refractivity contribution in [3.8, 4) is 0 Å². The zero-order valence-electron chi connectivity index (χ0n) is 5.39. The van der Waals surface area contributed by atoms with Gasteiger partial charge in [-0.2, -0.15) is 0 Å². The van der Waals surface area contributed by atoms with Crippen LogP contribution in [0.3, 0.4) is 0 Å². The number of hydrogen-bond donors (Lipinski definition) is 0. The van der Waals surface area contributed by atoms with E-state index in [-0.39, 0.29) is 0 Å². The first-order chi connectivity index (χ1) is 4.47. The molecule has 1 heterocycles. The summed E-state index contributed by atoms with van der Waals surface area (Å²) in [7, 11) is 0. The molecule has 0 bridgehead atoms. The summed E-state index contributed by atoms with van der Waals surface area (Å²) in [6, 6.07) is 0. The van der Waals surface area contributed by atoms with Crippen LogP contribution in [0.1, 0.15) is 19.3 Å². The van der Waals surface area contributed by atoms with Gasteiger partial charge in [0.25, 0.3) is 0 Å². The molecule has 0 aromatic heterocycles. The summed E-state index contributed by atoms with van der Waals surface area (Å²) in [6.07, 6.45) is 7.97.